The molecule has 0 saturated carbocycles. The molecular formula is C7H10N2O2S. The zero-order chi connectivity index (χ0) is 8.55. The van der Waals surface area contributed by atoms with E-state index in [1.54, 1.807) is 16.7 Å². The Hall–Kier alpha value is -0.710. The Bertz CT molecular complexity index is 207. The summed E-state index contributed by atoms with van der Waals surface area (Å²) >= 11 is 1.73. The SMILES string of the molecule is O=C1NCC(=O)N2CCSC[C@H]12. The van der Waals surface area contributed by atoms with E-state index in [0.717, 1.165) is 18.1 Å². The third-order valence-corrected chi connectivity index (χ3v) is 3.19. The van der Waals surface area contributed by atoms with Crippen molar-refractivity contribution in [1.29, 1.82) is 0 Å². The average molecular weight is 186 g/mol. The molecule has 0 aromatic rings. The third-order valence-electron chi connectivity index (χ3n) is 2.17. The largest absolute Gasteiger partial charge is 0.345 e. The molecule has 2 fully saturated rings. The number of fused-ring (bicyclic) bond motifs is 1. The Balaban J connectivity index is 2.16. The minimum atomic E-state index is -0.204. The van der Waals surface area contributed by atoms with Gasteiger partial charge in [-0.05, 0) is 0 Å². The van der Waals surface area contributed by atoms with Crippen molar-refractivity contribution >= 4 is 23.6 Å². The molecule has 12 heavy (non-hydrogen) atoms. The Kier molecular flexibility index (Phi) is 1.96. The van der Waals surface area contributed by atoms with Crippen molar-refractivity contribution in [3.63, 3.8) is 0 Å². The van der Waals surface area contributed by atoms with E-state index in [0.29, 0.717) is 0 Å². The second-order valence-electron chi connectivity index (χ2n) is 2.90. The van der Waals surface area contributed by atoms with Crippen LogP contribution < -0.4 is 5.32 Å². The van der Waals surface area contributed by atoms with Crippen molar-refractivity contribution in [1.82, 2.24) is 10.2 Å². The number of thioether (sulfide) groups is 1. The van der Waals surface area contributed by atoms with Gasteiger partial charge in [0, 0.05) is 18.1 Å². The number of nitrogens with zero attached hydrogens (tertiary/aromatic N) is 1. The maximum absolute atomic E-state index is 11.3. The Labute approximate surface area is 74.7 Å². The highest BCUT2D eigenvalue weighted by atomic mass is 32.2. The molecule has 66 valence electrons. The van der Waals surface area contributed by atoms with Crippen molar-refractivity contribution in [2.45, 2.75) is 6.04 Å². The van der Waals surface area contributed by atoms with Crippen LogP contribution in [-0.2, 0) is 9.59 Å². The van der Waals surface area contributed by atoms with E-state index in [2.05, 4.69) is 5.32 Å². The van der Waals surface area contributed by atoms with Gasteiger partial charge in [-0.2, -0.15) is 11.8 Å². The van der Waals surface area contributed by atoms with Gasteiger partial charge < -0.3 is 10.2 Å². The van der Waals surface area contributed by atoms with E-state index in [9.17, 15) is 9.59 Å². The first kappa shape index (κ1) is 7.91. The summed E-state index contributed by atoms with van der Waals surface area (Å²) in [6, 6.07) is -0.204. The molecular weight excluding hydrogens is 176 g/mol. The summed E-state index contributed by atoms with van der Waals surface area (Å²) in [6.45, 7) is 0.904. The van der Waals surface area contributed by atoms with Crippen LogP contribution in [0.1, 0.15) is 0 Å². The summed E-state index contributed by atoms with van der Waals surface area (Å²) in [7, 11) is 0. The first-order valence-corrected chi connectivity index (χ1v) is 5.09. The zero-order valence-corrected chi connectivity index (χ0v) is 7.39. The van der Waals surface area contributed by atoms with Gasteiger partial charge in [0.2, 0.25) is 11.8 Å². The molecule has 0 aliphatic carbocycles. The lowest BCUT2D eigenvalue weighted by Gasteiger charge is -2.37. The lowest BCUT2D eigenvalue weighted by Crippen LogP contribution is -2.61. The van der Waals surface area contributed by atoms with Crippen LogP contribution in [-0.4, -0.2) is 47.4 Å². The van der Waals surface area contributed by atoms with Gasteiger partial charge in [-0.15, -0.1) is 0 Å². The fourth-order valence-corrected chi connectivity index (χ4v) is 2.55. The lowest BCUT2D eigenvalue weighted by atomic mass is 10.2. The topological polar surface area (TPSA) is 49.4 Å². The molecule has 1 N–H and O–H groups in total. The first-order valence-electron chi connectivity index (χ1n) is 3.94. The number of carbonyl (C=O) groups is 2. The predicted octanol–water partition coefficient (Wildman–Crippen LogP) is -0.940. The van der Waals surface area contributed by atoms with Crippen LogP contribution >= 0.6 is 11.8 Å². The quantitative estimate of drug-likeness (QED) is 0.531. The summed E-state index contributed by atoms with van der Waals surface area (Å²) in [4.78, 5) is 24.2. The molecule has 0 bridgehead atoms. The summed E-state index contributed by atoms with van der Waals surface area (Å²) in [5, 5.41) is 2.59. The van der Waals surface area contributed by atoms with Gasteiger partial charge in [0.15, 0.2) is 0 Å². The van der Waals surface area contributed by atoms with Crippen LogP contribution in [0.15, 0.2) is 0 Å². The Morgan fingerprint density at radius 1 is 1.50 bits per heavy atom. The normalized spacial score (nSPS) is 29.7. The molecule has 0 spiro atoms. The summed E-state index contributed by atoms with van der Waals surface area (Å²) in [6.07, 6.45) is 0. The van der Waals surface area contributed by atoms with Gasteiger partial charge in [0.05, 0.1) is 6.54 Å². The molecule has 2 aliphatic heterocycles. The number of amides is 2. The standard InChI is InChI=1S/C7H10N2O2S/c10-6-3-8-7(11)5-4-12-2-1-9(5)6/h5H,1-4H2,(H,8,11)/t5-/m1/s1. The number of hydrogen-bond acceptors (Lipinski definition) is 3. The van der Waals surface area contributed by atoms with Gasteiger partial charge in [-0.25, -0.2) is 0 Å². The van der Waals surface area contributed by atoms with Gasteiger partial charge >= 0.3 is 0 Å². The molecule has 2 rings (SSSR count). The molecule has 0 unspecified atom stereocenters. The molecule has 2 saturated heterocycles. The monoisotopic (exact) mass is 186 g/mol. The van der Waals surface area contributed by atoms with Crippen LogP contribution in [0.5, 0.6) is 0 Å². The van der Waals surface area contributed by atoms with E-state index >= 15 is 0 Å². The summed E-state index contributed by atoms with van der Waals surface area (Å²) < 4.78 is 0. The van der Waals surface area contributed by atoms with E-state index in [-0.39, 0.29) is 24.4 Å². The van der Waals surface area contributed by atoms with E-state index in [1.807, 2.05) is 0 Å². The van der Waals surface area contributed by atoms with Crippen LogP contribution in [0.2, 0.25) is 0 Å². The van der Waals surface area contributed by atoms with Crippen molar-refractivity contribution in [2.24, 2.45) is 0 Å². The fourth-order valence-electron chi connectivity index (χ4n) is 1.50. The second kappa shape index (κ2) is 2.97. The van der Waals surface area contributed by atoms with Crippen LogP contribution in [0.25, 0.3) is 0 Å². The highest BCUT2D eigenvalue weighted by Gasteiger charge is 2.35. The maximum Gasteiger partial charge on any atom is 0.244 e. The van der Waals surface area contributed by atoms with E-state index in [4.69, 9.17) is 0 Å². The van der Waals surface area contributed by atoms with Gasteiger partial charge in [-0.3, -0.25) is 9.59 Å². The molecule has 2 aliphatic rings. The number of carbonyl (C=O) groups excluding carboxylic acids is 2. The van der Waals surface area contributed by atoms with E-state index < -0.39 is 0 Å². The second-order valence-corrected chi connectivity index (χ2v) is 4.05. The fraction of sp³-hybridized carbons (Fsp3) is 0.714. The van der Waals surface area contributed by atoms with Crippen LogP contribution in [0.4, 0.5) is 0 Å². The zero-order valence-electron chi connectivity index (χ0n) is 6.58. The third kappa shape index (κ3) is 1.18. The number of rotatable bonds is 0. The van der Waals surface area contributed by atoms with Crippen LogP contribution in [0.3, 0.4) is 0 Å². The molecule has 0 radical (unpaired) electrons. The van der Waals surface area contributed by atoms with Gasteiger partial charge in [-0.1, -0.05) is 0 Å². The van der Waals surface area contributed by atoms with Crippen molar-refractivity contribution in [3.8, 4) is 0 Å². The molecule has 0 aromatic heterocycles. The van der Waals surface area contributed by atoms with Crippen molar-refractivity contribution < 1.29 is 9.59 Å². The smallest absolute Gasteiger partial charge is 0.244 e. The van der Waals surface area contributed by atoms with Gasteiger partial charge in [0.1, 0.15) is 6.04 Å². The average Bonchev–Trinajstić information content (AvgIpc) is 2.12. The first-order chi connectivity index (χ1) is 5.79. The van der Waals surface area contributed by atoms with Crippen LogP contribution in [0, 0.1) is 0 Å². The minimum absolute atomic E-state index is 0.00167. The number of piperazine rings is 1. The lowest BCUT2D eigenvalue weighted by molar-refractivity contribution is -0.144. The van der Waals surface area contributed by atoms with E-state index in [1.165, 1.54) is 0 Å². The Morgan fingerprint density at radius 2 is 2.33 bits per heavy atom. The highest BCUT2D eigenvalue weighted by molar-refractivity contribution is 7.99. The van der Waals surface area contributed by atoms with Gasteiger partial charge in [0.25, 0.3) is 0 Å². The molecule has 5 heteroatoms. The summed E-state index contributed by atoms with van der Waals surface area (Å²) in [5.41, 5.74) is 0. The van der Waals surface area contributed by atoms with Crippen molar-refractivity contribution in [3.05, 3.63) is 0 Å². The predicted molar refractivity (Wildman–Crippen MR) is 45.8 cm³/mol. The van der Waals surface area contributed by atoms with Crippen molar-refractivity contribution in [2.75, 3.05) is 24.6 Å². The highest BCUT2D eigenvalue weighted by Crippen LogP contribution is 2.18. The Morgan fingerprint density at radius 3 is 3.08 bits per heavy atom. The molecule has 2 amide bonds. The molecule has 0 aromatic carbocycles. The molecule has 2 heterocycles. The molecule has 4 nitrogen and oxygen atoms in total. The number of nitrogens with one attached hydrogen (secondary N) is 1. The minimum Gasteiger partial charge on any atom is -0.345 e. The summed E-state index contributed by atoms with van der Waals surface area (Å²) in [5.74, 6) is 1.76. The number of hydrogen-bond donors (Lipinski definition) is 1. The maximum atomic E-state index is 11.3. The molecule has 1 atom stereocenters.